The summed E-state index contributed by atoms with van der Waals surface area (Å²) in [6.07, 6.45) is 0. The Kier molecular flexibility index (Phi) is 4.58. The van der Waals surface area contributed by atoms with Gasteiger partial charge in [-0.2, -0.15) is 0 Å². The number of rotatable bonds is 2. The molecule has 80 valence electrons. The maximum absolute atomic E-state index is 6.01. The first-order chi connectivity index (χ1) is 7.08. The Balaban J connectivity index is 2.31. The molecule has 6 heteroatoms. The van der Waals surface area contributed by atoms with Crippen molar-refractivity contribution in [2.75, 3.05) is 0 Å². The molecule has 2 aromatic heterocycles. The summed E-state index contributed by atoms with van der Waals surface area (Å²) in [6.45, 7) is 0. The summed E-state index contributed by atoms with van der Waals surface area (Å²) in [7, 11) is 0. The van der Waals surface area contributed by atoms with Crippen LogP contribution in [0.4, 0.5) is 0 Å². The molecule has 0 saturated carbocycles. The number of hydrogen-bond donors (Lipinski definition) is 0. The van der Waals surface area contributed by atoms with Crippen LogP contribution in [0.2, 0.25) is 5.02 Å². The Morgan fingerprint density at radius 2 is 2.13 bits per heavy atom. The predicted molar refractivity (Wildman–Crippen MR) is 84.8 cm³/mol. The van der Waals surface area contributed by atoms with Crippen LogP contribution < -0.4 is 0 Å². The standard InChI is InChI=1S/C9H4Br2ClIS2/c10-8(4-1-7(13)14-3-4)6-2-5(12)9(11)15-6/h1-3,8H. The molecule has 2 aromatic rings. The molecule has 0 bridgehead atoms. The van der Waals surface area contributed by atoms with Crippen molar-refractivity contribution in [1.29, 1.82) is 0 Å². The highest BCUT2D eigenvalue weighted by Crippen LogP contribution is 2.42. The van der Waals surface area contributed by atoms with Gasteiger partial charge in [0.2, 0.25) is 0 Å². The molecule has 2 heterocycles. The molecule has 0 amide bonds. The fourth-order valence-electron chi connectivity index (χ4n) is 1.11. The molecule has 0 aliphatic carbocycles. The zero-order valence-corrected chi connectivity index (χ0v) is 14.9. The van der Waals surface area contributed by atoms with Gasteiger partial charge in [-0.25, -0.2) is 0 Å². The second-order valence-electron chi connectivity index (χ2n) is 2.82. The molecule has 0 fully saturated rings. The summed E-state index contributed by atoms with van der Waals surface area (Å²) in [5, 5.41) is 2.95. The molecule has 1 unspecified atom stereocenters. The first kappa shape index (κ1) is 12.8. The fourth-order valence-corrected chi connectivity index (χ4v) is 5.11. The van der Waals surface area contributed by atoms with Gasteiger partial charge in [0.1, 0.15) is 0 Å². The molecule has 0 saturated heterocycles. The lowest BCUT2D eigenvalue weighted by atomic mass is 10.2. The van der Waals surface area contributed by atoms with Crippen LogP contribution >= 0.6 is 88.7 Å². The number of hydrogen-bond acceptors (Lipinski definition) is 2. The first-order valence-corrected chi connectivity index (χ1v) is 8.77. The summed E-state index contributed by atoms with van der Waals surface area (Å²) in [5.41, 5.74) is 1.29. The van der Waals surface area contributed by atoms with Crippen LogP contribution in [0.5, 0.6) is 0 Å². The Bertz CT molecular complexity index is 461. The van der Waals surface area contributed by atoms with E-state index in [0.29, 0.717) is 0 Å². The highest BCUT2D eigenvalue weighted by Gasteiger charge is 2.16. The first-order valence-electron chi connectivity index (χ1n) is 3.90. The number of alkyl halides is 1. The molecular formula is C9H4Br2ClIS2. The third kappa shape index (κ3) is 2.98. The van der Waals surface area contributed by atoms with Crippen molar-refractivity contribution in [3.8, 4) is 0 Å². The molecule has 15 heavy (non-hydrogen) atoms. The van der Waals surface area contributed by atoms with Gasteiger partial charge in [-0.15, -0.1) is 22.7 Å². The van der Waals surface area contributed by atoms with Gasteiger partial charge in [0.15, 0.2) is 0 Å². The van der Waals surface area contributed by atoms with Gasteiger partial charge in [-0.1, -0.05) is 27.5 Å². The molecule has 0 spiro atoms. The summed E-state index contributed by atoms with van der Waals surface area (Å²) >= 11 is 18.9. The molecule has 0 aliphatic rings. The maximum atomic E-state index is 6.01. The molecular weight excluding hydrogens is 494 g/mol. The highest BCUT2D eigenvalue weighted by atomic mass is 127. The lowest BCUT2D eigenvalue weighted by Gasteiger charge is -2.03. The normalized spacial score (nSPS) is 13.1. The lowest BCUT2D eigenvalue weighted by molar-refractivity contribution is 1.25. The summed E-state index contributed by atoms with van der Waals surface area (Å²) in [4.78, 5) is 1.46. The quantitative estimate of drug-likeness (QED) is 0.336. The Morgan fingerprint density at radius 1 is 1.40 bits per heavy atom. The zero-order chi connectivity index (χ0) is 11.0. The van der Waals surface area contributed by atoms with Crippen molar-refractivity contribution in [1.82, 2.24) is 0 Å². The smallest absolute Gasteiger partial charge is 0.0887 e. The zero-order valence-electron chi connectivity index (χ0n) is 7.14. The van der Waals surface area contributed by atoms with Crippen LogP contribution in [0, 0.1) is 2.88 Å². The summed E-state index contributed by atoms with van der Waals surface area (Å²) in [6, 6.07) is 4.19. The van der Waals surface area contributed by atoms with E-state index in [4.69, 9.17) is 11.6 Å². The lowest BCUT2D eigenvalue weighted by Crippen LogP contribution is -1.85. The minimum absolute atomic E-state index is 0.242. The molecule has 0 nitrogen and oxygen atoms in total. The van der Waals surface area contributed by atoms with E-state index in [9.17, 15) is 0 Å². The van der Waals surface area contributed by atoms with E-state index in [-0.39, 0.29) is 4.83 Å². The molecule has 0 N–H and O–H groups in total. The number of thiophene rings is 2. The van der Waals surface area contributed by atoms with Crippen LogP contribution in [0.3, 0.4) is 0 Å². The SMILES string of the molecule is Clc1cc(C(Br)c2csc(I)c2)sc1Br. The molecule has 2 rings (SSSR count). The van der Waals surface area contributed by atoms with Gasteiger partial charge < -0.3 is 0 Å². The molecule has 0 aliphatic heterocycles. The predicted octanol–water partition coefficient (Wildman–Crippen LogP) is 6.31. The van der Waals surface area contributed by atoms with Crippen LogP contribution in [0.25, 0.3) is 0 Å². The Hall–Kier alpha value is 1.38. The van der Waals surface area contributed by atoms with E-state index in [2.05, 4.69) is 65.9 Å². The topological polar surface area (TPSA) is 0 Å². The Morgan fingerprint density at radius 3 is 2.60 bits per heavy atom. The van der Waals surface area contributed by atoms with Crippen molar-refractivity contribution in [2.45, 2.75) is 4.83 Å². The van der Waals surface area contributed by atoms with Gasteiger partial charge >= 0.3 is 0 Å². The summed E-state index contributed by atoms with van der Waals surface area (Å²) < 4.78 is 2.29. The van der Waals surface area contributed by atoms with Crippen LogP contribution in [0.1, 0.15) is 15.3 Å². The number of halogens is 4. The largest absolute Gasteiger partial charge is 0.137 e. The highest BCUT2D eigenvalue weighted by molar-refractivity contribution is 14.1. The van der Waals surface area contributed by atoms with E-state index in [0.717, 1.165) is 8.81 Å². The summed E-state index contributed by atoms with van der Waals surface area (Å²) in [5.74, 6) is 0. The Labute approximate surface area is 131 Å². The van der Waals surface area contributed by atoms with Crippen molar-refractivity contribution in [3.05, 3.63) is 39.6 Å². The third-order valence-electron chi connectivity index (χ3n) is 1.79. The second-order valence-corrected chi connectivity index (χ2v) is 9.35. The van der Waals surface area contributed by atoms with E-state index in [1.807, 2.05) is 6.07 Å². The van der Waals surface area contributed by atoms with Crippen molar-refractivity contribution in [3.63, 3.8) is 0 Å². The van der Waals surface area contributed by atoms with Crippen molar-refractivity contribution in [2.24, 2.45) is 0 Å². The monoisotopic (exact) mass is 496 g/mol. The molecule has 0 aromatic carbocycles. The average molecular weight is 498 g/mol. The minimum Gasteiger partial charge on any atom is -0.137 e. The van der Waals surface area contributed by atoms with E-state index in [1.165, 1.54) is 13.3 Å². The van der Waals surface area contributed by atoms with E-state index in [1.54, 1.807) is 22.7 Å². The van der Waals surface area contributed by atoms with E-state index < -0.39 is 0 Å². The van der Waals surface area contributed by atoms with Gasteiger partial charge in [0, 0.05) is 4.88 Å². The molecule has 0 radical (unpaired) electrons. The van der Waals surface area contributed by atoms with Crippen LogP contribution in [-0.2, 0) is 0 Å². The van der Waals surface area contributed by atoms with Gasteiger partial charge in [-0.05, 0) is 61.6 Å². The third-order valence-corrected chi connectivity index (χ3v) is 7.47. The average Bonchev–Trinajstić information content (AvgIpc) is 2.74. The second kappa shape index (κ2) is 5.35. The van der Waals surface area contributed by atoms with Gasteiger partial charge in [-0.3, -0.25) is 0 Å². The fraction of sp³-hybridized carbons (Fsp3) is 0.111. The maximum Gasteiger partial charge on any atom is 0.0887 e. The van der Waals surface area contributed by atoms with Gasteiger partial charge in [0.25, 0.3) is 0 Å². The van der Waals surface area contributed by atoms with Crippen molar-refractivity contribution < 1.29 is 0 Å². The molecule has 1 atom stereocenters. The van der Waals surface area contributed by atoms with Crippen LogP contribution in [0.15, 0.2) is 21.3 Å². The van der Waals surface area contributed by atoms with Gasteiger partial charge in [0.05, 0.1) is 16.5 Å². The van der Waals surface area contributed by atoms with Crippen LogP contribution in [-0.4, -0.2) is 0 Å². The van der Waals surface area contributed by atoms with E-state index >= 15 is 0 Å². The minimum atomic E-state index is 0.242. The van der Waals surface area contributed by atoms with Crippen molar-refractivity contribution >= 4 is 88.7 Å².